The molecule has 1 atom stereocenters. The summed E-state index contributed by atoms with van der Waals surface area (Å²) in [4.78, 5) is 11.8. The molecular formula is C15H22N2O4. The van der Waals surface area contributed by atoms with Gasteiger partial charge in [-0.05, 0) is 18.8 Å². The fourth-order valence-electron chi connectivity index (χ4n) is 2.96. The van der Waals surface area contributed by atoms with Crippen molar-refractivity contribution in [3.05, 3.63) is 18.0 Å². The second-order valence-corrected chi connectivity index (χ2v) is 6.12. The summed E-state index contributed by atoms with van der Waals surface area (Å²) in [5.41, 5.74) is 0.633. The van der Waals surface area contributed by atoms with E-state index in [0.717, 1.165) is 31.6 Å². The Bertz CT molecular complexity index is 466. The van der Waals surface area contributed by atoms with Crippen LogP contribution in [0.3, 0.4) is 0 Å². The third-order valence-electron chi connectivity index (χ3n) is 4.31. The zero-order chi connectivity index (χ0) is 14.7. The SMILES string of the molecule is CC1CCC2(CC1)OC[C@@H](CNC(=O)Cc1ccon1)O2. The quantitative estimate of drug-likeness (QED) is 0.914. The summed E-state index contributed by atoms with van der Waals surface area (Å²) in [5, 5.41) is 6.59. The van der Waals surface area contributed by atoms with Crippen molar-refractivity contribution in [2.75, 3.05) is 13.2 Å². The third-order valence-corrected chi connectivity index (χ3v) is 4.31. The number of hydrogen-bond donors (Lipinski definition) is 1. The number of carbonyl (C=O) groups excluding carboxylic acids is 1. The van der Waals surface area contributed by atoms with Crippen molar-refractivity contribution in [2.45, 2.75) is 50.9 Å². The lowest BCUT2D eigenvalue weighted by Gasteiger charge is -2.34. The van der Waals surface area contributed by atoms with Gasteiger partial charge in [-0.1, -0.05) is 12.1 Å². The van der Waals surface area contributed by atoms with Crippen molar-refractivity contribution in [1.82, 2.24) is 10.5 Å². The van der Waals surface area contributed by atoms with Gasteiger partial charge < -0.3 is 19.3 Å². The summed E-state index contributed by atoms with van der Waals surface area (Å²) in [6.45, 7) is 3.30. The molecule has 1 aliphatic carbocycles. The maximum atomic E-state index is 11.8. The number of nitrogens with zero attached hydrogens (tertiary/aromatic N) is 1. The molecule has 3 rings (SSSR count). The van der Waals surface area contributed by atoms with Crippen molar-refractivity contribution in [2.24, 2.45) is 5.92 Å². The third kappa shape index (κ3) is 3.63. The van der Waals surface area contributed by atoms with Crippen molar-refractivity contribution < 1.29 is 18.8 Å². The average molecular weight is 294 g/mol. The van der Waals surface area contributed by atoms with Crippen LogP contribution in [0.5, 0.6) is 0 Å². The van der Waals surface area contributed by atoms with Gasteiger partial charge in [-0.2, -0.15) is 0 Å². The number of rotatable bonds is 4. The Kier molecular flexibility index (Phi) is 4.26. The summed E-state index contributed by atoms with van der Waals surface area (Å²) in [6.07, 6.45) is 5.84. The molecule has 1 aromatic heterocycles. The monoisotopic (exact) mass is 294 g/mol. The number of amides is 1. The van der Waals surface area contributed by atoms with Gasteiger partial charge in [-0.25, -0.2) is 0 Å². The normalized spacial score (nSPS) is 32.4. The predicted octanol–water partition coefficient (Wildman–Crippen LogP) is 1.66. The van der Waals surface area contributed by atoms with Crippen LogP contribution in [0.2, 0.25) is 0 Å². The minimum absolute atomic E-state index is 0.0559. The van der Waals surface area contributed by atoms with Gasteiger partial charge in [0.1, 0.15) is 12.4 Å². The fourth-order valence-corrected chi connectivity index (χ4v) is 2.96. The van der Waals surface area contributed by atoms with Gasteiger partial charge in [0.25, 0.3) is 0 Å². The first-order chi connectivity index (χ1) is 10.2. The highest BCUT2D eigenvalue weighted by atomic mass is 16.7. The van der Waals surface area contributed by atoms with Crippen LogP contribution in [0.25, 0.3) is 0 Å². The highest BCUT2D eigenvalue weighted by molar-refractivity contribution is 5.78. The minimum Gasteiger partial charge on any atom is -0.364 e. The molecule has 1 aromatic rings. The fraction of sp³-hybridized carbons (Fsp3) is 0.733. The topological polar surface area (TPSA) is 73.6 Å². The number of ether oxygens (including phenoxy) is 2. The lowest BCUT2D eigenvalue weighted by molar-refractivity contribution is -0.191. The molecule has 1 saturated heterocycles. The summed E-state index contributed by atoms with van der Waals surface area (Å²) < 4.78 is 16.6. The first-order valence-corrected chi connectivity index (χ1v) is 7.63. The van der Waals surface area contributed by atoms with E-state index in [1.807, 2.05) is 0 Å². The number of aromatic nitrogens is 1. The summed E-state index contributed by atoms with van der Waals surface area (Å²) in [6, 6.07) is 1.69. The van der Waals surface area contributed by atoms with Crippen LogP contribution < -0.4 is 5.32 Å². The highest BCUT2D eigenvalue weighted by Gasteiger charge is 2.43. The largest absolute Gasteiger partial charge is 0.364 e. The molecule has 6 heteroatoms. The van der Waals surface area contributed by atoms with Crippen molar-refractivity contribution in [3.63, 3.8) is 0 Å². The van der Waals surface area contributed by atoms with E-state index in [9.17, 15) is 4.79 Å². The molecular weight excluding hydrogens is 272 g/mol. The molecule has 6 nitrogen and oxygen atoms in total. The summed E-state index contributed by atoms with van der Waals surface area (Å²) in [5.74, 6) is 0.281. The highest BCUT2D eigenvalue weighted by Crippen LogP contribution is 2.39. The van der Waals surface area contributed by atoms with Crippen LogP contribution in [-0.4, -0.2) is 36.1 Å². The molecule has 1 N–H and O–H groups in total. The molecule has 0 unspecified atom stereocenters. The van der Waals surface area contributed by atoms with E-state index in [0.29, 0.717) is 18.8 Å². The number of hydrogen-bond acceptors (Lipinski definition) is 5. The molecule has 0 aromatic carbocycles. The summed E-state index contributed by atoms with van der Waals surface area (Å²) >= 11 is 0. The maximum Gasteiger partial charge on any atom is 0.226 e. The Morgan fingerprint density at radius 3 is 3.00 bits per heavy atom. The van der Waals surface area contributed by atoms with Gasteiger partial charge in [0.05, 0.1) is 18.7 Å². The zero-order valence-corrected chi connectivity index (χ0v) is 12.3. The molecule has 2 fully saturated rings. The Morgan fingerprint density at radius 1 is 1.48 bits per heavy atom. The molecule has 1 spiro atoms. The molecule has 2 aliphatic rings. The van der Waals surface area contributed by atoms with Gasteiger partial charge >= 0.3 is 0 Å². The van der Waals surface area contributed by atoms with E-state index in [4.69, 9.17) is 14.0 Å². The van der Waals surface area contributed by atoms with Crippen LogP contribution in [0.15, 0.2) is 16.9 Å². The van der Waals surface area contributed by atoms with Crippen LogP contribution in [0.1, 0.15) is 38.3 Å². The minimum atomic E-state index is -0.395. The van der Waals surface area contributed by atoms with Crippen LogP contribution in [-0.2, 0) is 20.7 Å². The van der Waals surface area contributed by atoms with E-state index in [1.165, 1.54) is 6.26 Å². The van der Waals surface area contributed by atoms with E-state index in [-0.39, 0.29) is 18.4 Å². The Hall–Kier alpha value is -1.40. The van der Waals surface area contributed by atoms with Crippen LogP contribution >= 0.6 is 0 Å². The van der Waals surface area contributed by atoms with Gasteiger partial charge in [0.15, 0.2) is 5.79 Å². The first kappa shape index (κ1) is 14.5. The van der Waals surface area contributed by atoms with E-state index in [2.05, 4.69) is 17.4 Å². The average Bonchev–Trinajstić information content (AvgIpc) is 3.11. The molecule has 1 saturated carbocycles. The van der Waals surface area contributed by atoms with Gasteiger partial charge in [-0.3, -0.25) is 4.79 Å². The van der Waals surface area contributed by atoms with Crippen molar-refractivity contribution in [3.8, 4) is 0 Å². The molecule has 21 heavy (non-hydrogen) atoms. The first-order valence-electron chi connectivity index (χ1n) is 7.63. The lowest BCUT2D eigenvalue weighted by Crippen LogP contribution is -2.38. The Balaban J connectivity index is 1.42. The van der Waals surface area contributed by atoms with E-state index in [1.54, 1.807) is 6.07 Å². The van der Waals surface area contributed by atoms with Crippen molar-refractivity contribution in [1.29, 1.82) is 0 Å². The number of carbonyl (C=O) groups is 1. The molecule has 0 bridgehead atoms. The Morgan fingerprint density at radius 2 is 2.29 bits per heavy atom. The van der Waals surface area contributed by atoms with Crippen LogP contribution in [0, 0.1) is 5.92 Å². The molecule has 2 heterocycles. The number of nitrogens with one attached hydrogen (secondary N) is 1. The zero-order valence-electron chi connectivity index (χ0n) is 12.3. The van der Waals surface area contributed by atoms with Crippen LogP contribution in [0.4, 0.5) is 0 Å². The smallest absolute Gasteiger partial charge is 0.226 e. The summed E-state index contributed by atoms with van der Waals surface area (Å²) in [7, 11) is 0. The van der Waals surface area contributed by atoms with E-state index < -0.39 is 5.79 Å². The second-order valence-electron chi connectivity index (χ2n) is 6.12. The second kappa shape index (κ2) is 6.15. The van der Waals surface area contributed by atoms with E-state index >= 15 is 0 Å². The standard InChI is InChI=1S/C15H22N2O4/c1-11-2-5-15(6-3-11)19-10-13(21-15)9-16-14(18)8-12-4-7-20-17-12/h4,7,11,13H,2-3,5-6,8-10H2,1H3,(H,16,18)/t11?,13-,15?/m1/s1. The molecule has 0 radical (unpaired) electrons. The maximum absolute atomic E-state index is 11.8. The molecule has 1 aliphatic heterocycles. The van der Waals surface area contributed by atoms with Gasteiger partial charge in [0.2, 0.25) is 5.91 Å². The van der Waals surface area contributed by atoms with Gasteiger partial charge in [-0.15, -0.1) is 0 Å². The molecule has 1 amide bonds. The lowest BCUT2D eigenvalue weighted by atomic mass is 9.86. The predicted molar refractivity (Wildman–Crippen MR) is 74.4 cm³/mol. The Labute approximate surface area is 124 Å². The van der Waals surface area contributed by atoms with Gasteiger partial charge in [0, 0.05) is 25.5 Å². The molecule has 116 valence electrons. The van der Waals surface area contributed by atoms with Crippen molar-refractivity contribution >= 4 is 5.91 Å².